The Morgan fingerprint density at radius 2 is 2.26 bits per heavy atom. The Labute approximate surface area is 115 Å². The van der Waals surface area contributed by atoms with Crippen LogP contribution in [0.4, 0.5) is 0 Å². The molecule has 0 aliphatic carbocycles. The smallest absolute Gasteiger partial charge is 0.139 e. The van der Waals surface area contributed by atoms with Gasteiger partial charge in [0, 0.05) is 24.9 Å². The molecule has 2 aromatic rings. The lowest BCUT2D eigenvalue weighted by molar-refractivity contribution is 0.155. The number of likely N-dealkylation sites (tertiary alicyclic amines) is 1. The van der Waals surface area contributed by atoms with Gasteiger partial charge in [-0.1, -0.05) is 19.4 Å². The SMILES string of the molecule is CCN1CCCCC1Cc1cn2cccc(C)c2n1. The van der Waals surface area contributed by atoms with Gasteiger partial charge in [-0.05, 0) is 44.5 Å². The second-order valence-electron chi connectivity index (χ2n) is 5.64. The van der Waals surface area contributed by atoms with Crippen LogP contribution in [0.15, 0.2) is 24.5 Å². The van der Waals surface area contributed by atoms with Crippen molar-refractivity contribution in [3.63, 3.8) is 0 Å². The minimum absolute atomic E-state index is 0.684. The summed E-state index contributed by atoms with van der Waals surface area (Å²) >= 11 is 0. The number of hydrogen-bond acceptors (Lipinski definition) is 2. The van der Waals surface area contributed by atoms with Crippen molar-refractivity contribution >= 4 is 5.65 Å². The van der Waals surface area contributed by atoms with Gasteiger partial charge < -0.3 is 9.30 Å². The summed E-state index contributed by atoms with van der Waals surface area (Å²) in [7, 11) is 0. The van der Waals surface area contributed by atoms with Crippen molar-refractivity contribution in [1.29, 1.82) is 0 Å². The number of imidazole rings is 1. The Morgan fingerprint density at radius 3 is 3.05 bits per heavy atom. The standard InChI is InChI=1S/C16H23N3/c1-3-18-9-5-4-8-15(18)11-14-12-19-10-6-7-13(2)16(19)17-14/h6-7,10,12,15H,3-5,8-9,11H2,1-2H3. The lowest BCUT2D eigenvalue weighted by atomic mass is 9.98. The molecule has 0 aromatic carbocycles. The molecule has 1 aliphatic heterocycles. The zero-order valence-electron chi connectivity index (χ0n) is 12.0. The first kappa shape index (κ1) is 12.7. The lowest BCUT2D eigenvalue weighted by Crippen LogP contribution is -2.40. The van der Waals surface area contributed by atoms with Gasteiger partial charge >= 0.3 is 0 Å². The maximum absolute atomic E-state index is 4.81. The Balaban J connectivity index is 1.82. The van der Waals surface area contributed by atoms with Crippen LogP contribution in [0.1, 0.15) is 37.4 Å². The molecule has 3 nitrogen and oxygen atoms in total. The molecule has 0 radical (unpaired) electrons. The van der Waals surface area contributed by atoms with Crippen LogP contribution in [0.2, 0.25) is 0 Å². The molecule has 19 heavy (non-hydrogen) atoms. The summed E-state index contributed by atoms with van der Waals surface area (Å²) in [6.07, 6.45) is 9.43. The zero-order chi connectivity index (χ0) is 13.2. The van der Waals surface area contributed by atoms with Gasteiger partial charge in [0.25, 0.3) is 0 Å². The third-order valence-corrected chi connectivity index (χ3v) is 4.33. The van der Waals surface area contributed by atoms with Crippen molar-refractivity contribution in [2.24, 2.45) is 0 Å². The second-order valence-corrected chi connectivity index (χ2v) is 5.64. The van der Waals surface area contributed by atoms with E-state index >= 15 is 0 Å². The number of aryl methyl sites for hydroxylation is 1. The van der Waals surface area contributed by atoms with Crippen LogP contribution in [0, 0.1) is 6.92 Å². The van der Waals surface area contributed by atoms with Crippen LogP contribution < -0.4 is 0 Å². The van der Waals surface area contributed by atoms with Crippen LogP contribution in [0.25, 0.3) is 5.65 Å². The zero-order valence-corrected chi connectivity index (χ0v) is 12.0. The van der Waals surface area contributed by atoms with E-state index in [0.717, 1.165) is 18.6 Å². The van der Waals surface area contributed by atoms with Gasteiger partial charge in [-0.25, -0.2) is 4.98 Å². The minimum Gasteiger partial charge on any atom is -0.307 e. The van der Waals surface area contributed by atoms with Crippen LogP contribution in [0.3, 0.4) is 0 Å². The Morgan fingerprint density at radius 1 is 1.37 bits per heavy atom. The molecule has 0 N–H and O–H groups in total. The van der Waals surface area contributed by atoms with Gasteiger partial charge in [0.15, 0.2) is 0 Å². The first-order valence-corrected chi connectivity index (χ1v) is 7.45. The summed E-state index contributed by atoms with van der Waals surface area (Å²) in [5.41, 5.74) is 3.60. The van der Waals surface area contributed by atoms with E-state index in [1.807, 2.05) is 0 Å². The number of aromatic nitrogens is 2. The molecule has 1 atom stereocenters. The van der Waals surface area contributed by atoms with Crippen molar-refractivity contribution in [1.82, 2.24) is 14.3 Å². The molecule has 3 rings (SSSR count). The van der Waals surface area contributed by atoms with Gasteiger partial charge in [-0.15, -0.1) is 0 Å². The maximum atomic E-state index is 4.81. The molecule has 3 heteroatoms. The normalized spacial score (nSPS) is 21.1. The number of fused-ring (bicyclic) bond motifs is 1. The Bertz CT molecular complexity index is 558. The van der Waals surface area contributed by atoms with E-state index in [9.17, 15) is 0 Å². The fraction of sp³-hybridized carbons (Fsp3) is 0.562. The summed E-state index contributed by atoms with van der Waals surface area (Å²) in [5, 5.41) is 0. The molecule has 0 amide bonds. The lowest BCUT2D eigenvalue weighted by Gasteiger charge is -2.34. The first-order chi connectivity index (χ1) is 9.28. The molecule has 1 saturated heterocycles. The maximum Gasteiger partial charge on any atom is 0.139 e. The van der Waals surface area contributed by atoms with Crippen molar-refractivity contribution in [2.45, 2.75) is 45.6 Å². The van der Waals surface area contributed by atoms with Crippen molar-refractivity contribution in [3.8, 4) is 0 Å². The highest BCUT2D eigenvalue weighted by molar-refractivity contribution is 5.47. The van der Waals surface area contributed by atoms with Crippen LogP contribution in [0.5, 0.6) is 0 Å². The van der Waals surface area contributed by atoms with E-state index < -0.39 is 0 Å². The Hall–Kier alpha value is -1.35. The molecule has 1 unspecified atom stereocenters. The highest BCUT2D eigenvalue weighted by Crippen LogP contribution is 2.20. The summed E-state index contributed by atoms with van der Waals surface area (Å²) in [5.74, 6) is 0. The molecule has 0 spiro atoms. The van der Waals surface area contributed by atoms with Crippen LogP contribution in [-0.2, 0) is 6.42 Å². The van der Waals surface area contributed by atoms with Crippen molar-refractivity contribution < 1.29 is 0 Å². The van der Waals surface area contributed by atoms with Crippen LogP contribution in [-0.4, -0.2) is 33.4 Å². The van der Waals surface area contributed by atoms with Crippen molar-refractivity contribution in [2.75, 3.05) is 13.1 Å². The third-order valence-electron chi connectivity index (χ3n) is 4.33. The molecule has 1 fully saturated rings. The highest BCUT2D eigenvalue weighted by Gasteiger charge is 2.22. The monoisotopic (exact) mass is 257 g/mol. The number of likely N-dealkylation sites (N-methyl/N-ethyl adjacent to an activating group) is 1. The molecule has 102 valence electrons. The number of pyridine rings is 1. The average Bonchev–Trinajstić information content (AvgIpc) is 2.83. The second kappa shape index (κ2) is 5.33. The van der Waals surface area contributed by atoms with Crippen molar-refractivity contribution in [3.05, 3.63) is 35.8 Å². The number of rotatable bonds is 3. The van der Waals surface area contributed by atoms with Gasteiger partial charge in [0.2, 0.25) is 0 Å². The van der Waals surface area contributed by atoms with E-state index in [1.165, 1.54) is 37.1 Å². The van der Waals surface area contributed by atoms with E-state index in [-0.39, 0.29) is 0 Å². The summed E-state index contributed by atoms with van der Waals surface area (Å²) in [6, 6.07) is 4.90. The van der Waals surface area contributed by atoms with Crippen LogP contribution >= 0.6 is 0 Å². The van der Waals surface area contributed by atoms with E-state index in [1.54, 1.807) is 0 Å². The summed E-state index contributed by atoms with van der Waals surface area (Å²) in [6.45, 7) is 6.82. The molecule has 0 saturated carbocycles. The molecule has 0 bridgehead atoms. The highest BCUT2D eigenvalue weighted by atomic mass is 15.2. The summed E-state index contributed by atoms with van der Waals surface area (Å²) in [4.78, 5) is 7.42. The average molecular weight is 257 g/mol. The number of nitrogens with zero attached hydrogens (tertiary/aromatic N) is 3. The molecule has 2 aromatic heterocycles. The van der Waals surface area contributed by atoms with E-state index in [4.69, 9.17) is 4.98 Å². The van der Waals surface area contributed by atoms with Gasteiger partial charge in [0.1, 0.15) is 5.65 Å². The van der Waals surface area contributed by atoms with Gasteiger partial charge in [-0.2, -0.15) is 0 Å². The molecule has 1 aliphatic rings. The molecule has 3 heterocycles. The fourth-order valence-corrected chi connectivity index (χ4v) is 3.25. The predicted molar refractivity (Wildman–Crippen MR) is 78.5 cm³/mol. The number of piperidine rings is 1. The third kappa shape index (κ3) is 2.52. The van der Waals surface area contributed by atoms with E-state index in [0.29, 0.717) is 6.04 Å². The topological polar surface area (TPSA) is 20.5 Å². The predicted octanol–water partition coefficient (Wildman–Crippen LogP) is 3.06. The molecular weight excluding hydrogens is 234 g/mol. The minimum atomic E-state index is 0.684. The van der Waals surface area contributed by atoms with Gasteiger partial charge in [0.05, 0.1) is 5.69 Å². The van der Waals surface area contributed by atoms with Gasteiger partial charge in [-0.3, -0.25) is 0 Å². The fourth-order valence-electron chi connectivity index (χ4n) is 3.25. The Kier molecular flexibility index (Phi) is 3.56. The largest absolute Gasteiger partial charge is 0.307 e. The number of hydrogen-bond donors (Lipinski definition) is 0. The summed E-state index contributed by atoms with van der Waals surface area (Å²) < 4.78 is 2.16. The van der Waals surface area contributed by atoms with E-state index in [2.05, 4.69) is 47.7 Å². The molecular formula is C16H23N3. The first-order valence-electron chi connectivity index (χ1n) is 7.45. The quantitative estimate of drug-likeness (QED) is 0.842.